The molecule has 0 N–H and O–H groups in total. The predicted octanol–water partition coefficient (Wildman–Crippen LogP) is 4.20. The van der Waals surface area contributed by atoms with Crippen LogP contribution in [0.15, 0.2) is 24.3 Å². The van der Waals surface area contributed by atoms with Crippen LogP contribution in [0.4, 0.5) is 10.1 Å². The van der Waals surface area contributed by atoms with E-state index in [1.54, 1.807) is 23.9 Å². The van der Waals surface area contributed by atoms with Crippen LogP contribution in [0.1, 0.15) is 39.0 Å². The molecular weight excluding hydrogens is 273 g/mol. The summed E-state index contributed by atoms with van der Waals surface area (Å²) in [5, 5.41) is 0. The molecule has 2 aliphatic rings. The molecule has 2 fully saturated rings. The summed E-state index contributed by atoms with van der Waals surface area (Å²) in [6.07, 6.45) is 5.72. The number of thioether (sulfide) groups is 1. The van der Waals surface area contributed by atoms with Crippen molar-refractivity contribution < 1.29 is 9.18 Å². The van der Waals surface area contributed by atoms with Crippen molar-refractivity contribution in [3.63, 3.8) is 0 Å². The highest BCUT2D eigenvalue weighted by Gasteiger charge is 2.48. The van der Waals surface area contributed by atoms with Gasteiger partial charge in [0.05, 0.1) is 10.6 Å². The molecule has 1 aromatic carbocycles. The molecule has 20 heavy (non-hydrogen) atoms. The highest BCUT2D eigenvalue weighted by molar-refractivity contribution is 8.02. The number of rotatable bonds is 2. The highest BCUT2D eigenvalue weighted by atomic mass is 32.2. The van der Waals surface area contributed by atoms with E-state index in [9.17, 15) is 9.18 Å². The minimum Gasteiger partial charge on any atom is -0.297 e. The van der Waals surface area contributed by atoms with Gasteiger partial charge in [0.25, 0.3) is 0 Å². The summed E-state index contributed by atoms with van der Waals surface area (Å²) >= 11 is 1.78. The first-order valence-corrected chi connectivity index (χ1v) is 8.36. The monoisotopic (exact) mass is 293 g/mol. The molecule has 1 aliphatic carbocycles. The number of hydrogen-bond donors (Lipinski definition) is 0. The van der Waals surface area contributed by atoms with E-state index < -0.39 is 0 Å². The number of halogens is 1. The highest BCUT2D eigenvalue weighted by Crippen LogP contribution is 2.50. The van der Waals surface area contributed by atoms with Crippen molar-refractivity contribution in [1.82, 2.24) is 0 Å². The molecule has 0 atom stereocenters. The van der Waals surface area contributed by atoms with E-state index in [4.69, 9.17) is 0 Å². The van der Waals surface area contributed by atoms with Crippen LogP contribution in [0.2, 0.25) is 0 Å². The maximum absolute atomic E-state index is 13.1. The smallest absolute Gasteiger partial charge is 0.238 e. The molecule has 3 rings (SSSR count). The average molecular weight is 293 g/mol. The third-order valence-electron chi connectivity index (χ3n) is 4.67. The van der Waals surface area contributed by atoms with E-state index in [-0.39, 0.29) is 16.6 Å². The second-order valence-electron chi connectivity index (χ2n) is 5.79. The lowest BCUT2D eigenvalue weighted by atomic mass is 9.83. The Kier molecular flexibility index (Phi) is 3.76. The molecule has 1 spiro atoms. The van der Waals surface area contributed by atoms with Crippen LogP contribution in [-0.2, 0) is 4.79 Å². The van der Waals surface area contributed by atoms with Crippen LogP contribution in [0.25, 0.3) is 0 Å². The minimum absolute atomic E-state index is 0.0828. The van der Waals surface area contributed by atoms with Crippen LogP contribution >= 0.6 is 11.8 Å². The summed E-state index contributed by atoms with van der Waals surface area (Å²) in [4.78, 5) is 14.1. The van der Waals surface area contributed by atoms with Gasteiger partial charge >= 0.3 is 0 Å². The summed E-state index contributed by atoms with van der Waals surface area (Å²) in [6.45, 7) is 2.24. The van der Waals surface area contributed by atoms with Crippen LogP contribution in [-0.4, -0.2) is 16.5 Å². The summed E-state index contributed by atoms with van der Waals surface area (Å²) in [7, 11) is 0. The third-order valence-corrected chi connectivity index (χ3v) is 6.19. The van der Waals surface area contributed by atoms with Gasteiger partial charge in [-0.1, -0.05) is 13.3 Å². The number of anilines is 1. The number of carbonyl (C=O) groups is 1. The van der Waals surface area contributed by atoms with E-state index in [1.807, 2.05) is 4.90 Å². The predicted molar refractivity (Wildman–Crippen MR) is 81.3 cm³/mol. The van der Waals surface area contributed by atoms with Crippen LogP contribution < -0.4 is 4.90 Å². The molecule has 1 aliphatic heterocycles. The number of amides is 1. The lowest BCUT2D eigenvalue weighted by Gasteiger charge is -2.42. The fourth-order valence-corrected chi connectivity index (χ4v) is 4.81. The number of nitrogens with zero attached hydrogens (tertiary/aromatic N) is 1. The molecule has 4 heteroatoms. The normalized spacial score (nSPS) is 30.2. The Morgan fingerprint density at radius 1 is 1.30 bits per heavy atom. The van der Waals surface area contributed by atoms with Crippen LogP contribution in [0.3, 0.4) is 0 Å². The van der Waals surface area contributed by atoms with Crippen molar-refractivity contribution in [3.05, 3.63) is 30.1 Å². The Hall–Kier alpha value is -1.03. The second kappa shape index (κ2) is 5.40. The topological polar surface area (TPSA) is 20.3 Å². The molecule has 1 amide bonds. The molecular formula is C16H20FNOS. The Morgan fingerprint density at radius 3 is 2.55 bits per heavy atom. The van der Waals surface area contributed by atoms with Crippen molar-refractivity contribution in [1.29, 1.82) is 0 Å². The molecule has 1 saturated carbocycles. The molecule has 0 bridgehead atoms. The zero-order valence-corrected chi connectivity index (χ0v) is 12.6. The molecule has 0 aromatic heterocycles. The van der Waals surface area contributed by atoms with Crippen LogP contribution in [0, 0.1) is 11.7 Å². The molecule has 0 unspecified atom stereocenters. The Balaban J connectivity index is 1.87. The summed E-state index contributed by atoms with van der Waals surface area (Å²) in [5.41, 5.74) is 0.844. The summed E-state index contributed by atoms with van der Waals surface area (Å²) < 4.78 is 13.1. The number of benzene rings is 1. The van der Waals surface area contributed by atoms with Crippen molar-refractivity contribution >= 4 is 23.4 Å². The molecule has 1 heterocycles. The minimum atomic E-state index is -0.253. The van der Waals surface area contributed by atoms with Gasteiger partial charge in [0.1, 0.15) is 5.82 Å². The first kappa shape index (κ1) is 13.9. The zero-order chi connectivity index (χ0) is 14.2. The lowest BCUT2D eigenvalue weighted by Crippen LogP contribution is -2.47. The number of carbonyl (C=O) groups excluding carboxylic acids is 1. The van der Waals surface area contributed by atoms with E-state index in [0.29, 0.717) is 5.75 Å². The SMILES string of the molecule is CCC1CCC2(CC1)SCC(=O)N2c1ccc(F)cc1. The number of hydrogen-bond acceptors (Lipinski definition) is 2. The van der Waals surface area contributed by atoms with Gasteiger partial charge < -0.3 is 0 Å². The lowest BCUT2D eigenvalue weighted by molar-refractivity contribution is -0.116. The van der Waals surface area contributed by atoms with E-state index >= 15 is 0 Å². The van der Waals surface area contributed by atoms with Crippen molar-refractivity contribution in [3.8, 4) is 0 Å². The maximum atomic E-state index is 13.1. The summed E-state index contributed by atoms with van der Waals surface area (Å²) in [6, 6.07) is 6.34. The van der Waals surface area contributed by atoms with Gasteiger partial charge in [-0.25, -0.2) is 4.39 Å². The molecule has 2 nitrogen and oxygen atoms in total. The van der Waals surface area contributed by atoms with Crippen LogP contribution in [0.5, 0.6) is 0 Å². The first-order chi connectivity index (χ1) is 9.64. The average Bonchev–Trinajstić information content (AvgIpc) is 2.78. The van der Waals surface area contributed by atoms with Gasteiger partial charge in [0.2, 0.25) is 5.91 Å². The molecule has 108 valence electrons. The molecule has 0 radical (unpaired) electrons. The maximum Gasteiger partial charge on any atom is 0.238 e. The largest absolute Gasteiger partial charge is 0.297 e. The van der Waals surface area contributed by atoms with Gasteiger partial charge in [-0.05, 0) is 55.9 Å². The van der Waals surface area contributed by atoms with Gasteiger partial charge in [0, 0.05) is 5.69 Å². The van der Waals surface area contributed by atoms with Gasteiger partial charge in [-0.2, -0.15) is 0 Å². The van der Waals surface area contributed by atoms with E-state index in [0.717, 1.165) is 24.4 Å². The standard InChI is InChI=1S/C16H20FNOS/c1-2-12-7-9-16(10-8-12)18(15(19)11-20-16)14-5-3-13(17)4-6-14/h3-6,12H,2,7-11H2,1H3. The van der Waals surface area contributed by atoms with E-state index in [2.05, 4.69) is 6.92 Å². The quantitative estimate of drug-likeness (QED) is 0.814. The Bertz CT molecular complexity index is 494. The van der Waals surface area contributed by atoms with E-state index in [1.165, 1.54) is 31.4 Å². The van der Waals surface area contributed by atoms with Crippen molar-refractivity contribution in [2.45, 2.75) is 43.9 Å². The van der Waals surface area contributed by atoms with Gasteiger partial charge in [-0.15, -0.1) is 11.8 Å². The zero-order valence-electron chi connectivity index (χ0n) is 11.8. The molecule has 1 aromatic rings. The van der Waals surface area contributed by atoms with Crippen molar-refractivity contribution in [2.24, 2.45) is 5.92 Å². The Labute approximate surface area is 123 Å². The molecule has 1 saturated heterocycles. The second-order valence-corrected chi connectivity index (χ2v) is 7.13. The fourth-order valence-electron chi connectivity index (χ4n) is 3.43. The van der Waals surface area contributed by atoms with Gasteiger partial charge in [-0.3, -0.25) is 9.69 Å². The van der Waals surface area contributed by atoms with Crippen molar-refractivity contribution in [2.75, 3.05) is 10.7 Å². The van der Waals surface area contributed by atoms with Gasteiger partial charge in [0.15, 0.2) is 0 Å². The summed E-state index contributed by atoms with van der Waals surface area (Å²) in [5.74, 6) is 1.26. The Morgan fingerprint density at radius 2 is 1.95 bits per heavy atom. The first-order valence-electron chi connectivity index (χ1n) is 7.37. The fraction of sp³-hybridized carbons (Fsp3) is 0.562. The third kappa shape index (κ3) is 2.34.